The van der Waals surface area contributed by atoms with E-state index in [-0.39, 0.29) is 17.3 Å². The molecule has 6 rings (SSSR count). The maximum atomic E-state index is 15.4. The third-order valence-corrected chi connectivity index (χ3v) is 8.05. The van der Waals surface area contributed by atoms with E-state index in [9.17, 15) is 5.26 Å². The Kier molecular flexibility index (Phi) is 6.71. The van der Waals surface area contributed by atoms with E-state index in [2.05, 4.69) is 26.5 Å². The van der Waals surface area contributed by atoms with Crippen molar-refractivity contribution in [2.75, 3.05) is 18.5 Å². The van der Waals surface area contributed by atoms with Crippen molar-refractivity contribution in [2.24, 2.45) is 5.73 Å². The van der Waals surface area contributed by atoms with E-state index in [4.69, 9.17) is 10.5 Å². The van der Waals surface area contributed by atoms with Gasteiger partial charge in [0.2, 0.25) is 5.95 Å². The zero-order chi connectivity index (χ0) is 27.0. The highest BCUT2D eigenvalue weighted by Crippen LogP contribution is 2.38. The number of rotatable bonds is 5. The molecule has 2 aliphatic rings. The molecule has 1 aliphatic heterocycles. The van der Waals surface area contributed by atoms with Gasteiger partial charge >= 0.3 is 0 Å². The summed E-state index contributed by atoms with van der Waals surface area (Å²) in [6.45, 7) is 0.749. The Balaban J connectivity index is 1.35. The predicted molar refractivity (Wildman–Crippen MR) is 142 cm³/mol. The maximum absolute atomic E-state index is 15.4. The van der Waals surface area contributed by atoms with Crippen molar-refractivity contribution in [3.63, 3.8) is 0 Å². The number of aromatic nitrogens is 4. The molecule has 0 radical (unpaired) electrons. The zero-order valence-corrected chi connectivity index (χ0v) is 21.4. The first-order valence-electron chi connectivity index (χ1n) is 13.3. The molecule has 4 heterocycles. The summed E-state index contributed by atoms with van der Waals surface area (Å²) in [4.78, 5) is 8.75. The van der Waals surface area contributed by atoms with Gasteiger partial charge in [-0.3, -0.25) is 4.98 Å². The number of nitriles is 1. The highest BCUT2D eigenvalue weighted by molar-refractivity contribution is 5.66. The lowest BCUT2D eigenvalue weighted by atomic mass is 9.75. The number of nitrogens with one attached hydrogen (secondary N) is 1. The van der Waals surface area contributed by atoms with E-state index in [1.165, 1.54) is 16.6 Å². The third kappa shape index (κ3) is 4.73. The molecule has 1 aliphatic carbocycles. The van der Waals surface area contributed by atoms with E-state index < -0.39 is 17.0 Å². The number of fused-ring (bicyclic) bond motifs is 1. The van der Waals surface area contributed by atoms with Gasteiger partial charge in [0.05, 0.1) is 46.3 Å². The van der Waals surface area contributed by atoms with Crippen molar-refractivity contribution in [3.05, 3.63) is 71.7 Å². The highest BCUT2D eigenvalue weighted by Gasteiger charge is 2.36. The maximum Gasteiger partial charge on any atom is 0.229 e. The normalized spacial score (nSPS) is 21.0. The van der Waals surface area contributed by atoms with Crippen LogP contribution in [0.4, 0.5) is 20.4 Å². The lowest BCUT2D eigenvalue weighted by Gasteiger charge is -2.31. The second kappa shape index (κ2) is 10.3. The summed E-state index contributed by atoms with van der Waals surface area (Å²) >= 11 is 0. The van der Waals surface area contributed by atoms with E-state index in [1.54, 1.807) is 30.7 Å². The van der Waals surface area contributed by atoms with E-state index in [0.717, 1.165) is 36.9 Å². The average molecular weight is 530 g/mol. The number of nitrogens with two attached hydrogens (primary N) is 1. The summed E-state index contributed by atoms with van der Waals surface area (Å²) in [5.41, 5.74) is 8.04. The van der Waals surface area contributed by atoms with Crippen LogP contribution in [0.3, 0.4) is 0 Å². The molecule has 0 unspecified atom stereocenters. The molecule has 3 N–H and O–H groups in total. The third-order valence-electron chi connectivity index (χ3n) is 8.05. The molecule has 0 amide bonds. The second-order valence-electron chi connectivity index (χ2n) is 10.5. The van der Waals surface area contributed by atoms with Crippen LogP contribution in [0.1, 0.15) is 55.6 Å². The SMILES string of the molecule is N#CC1(c2cc(F)c(-c3ccc4cnc(Nc5cnccc5[C@@H]5CCC[C@H](N)C5)n4n3)c(F)c2)CCOCC1. The van der Waals surface area contributed by atoms with Gasteiger partial charge < -0.3 is 15.8 Å². The van der Waals surface area contributed by atoms with Gasteiger partial charge in [0, 0.05) is 25.5 Å². The number of hydrogen-bond acceptors (Lipinski definition) is 7. The van der Waals surface area contributed by atoms with Crippen molar-refractivity contribution >= 4 is 17.2 Å². The lowest BCUT2D eigenvalue weighted by molar-refractivity contribution is 0.0674. The summed E-state index contributed by atoms with van der Waals surface area (Å²) < 4.78 is 37.8. The first kappa shape index (κ1) is 25.3. The molecular formula is C29H29F2N7O. The molecule has 1 saturated carbocycles. The molecule has 10 heteroatoms. The molecule has 1 aromatic carbocycles. The Bertz CT molecular complexity index is 1530. The average Bonchev–Trinajstić information content (AvgIpc) is 3.35. The smallest absolute Gasteiger partial charge is 0.229 e. The second-order valence-corrected chi connectivity index (χ2v) is 10.5. The van der Waals surface area contributed by atoms with Gasteiger partial charge in [-0.1, -0.05) is 6.42 Å². The number of nitrogens with zero attached hydrogens (tertiary/aromatic N) is 5. The van der Waals surface area contributed by atoms with Crippen LogP contribution in [0.2, 0.25) is 0 Å². The van der Waals surface area contributed by atoms with Gasteiger partial charge in [-0.25, -0.2) is 13.8 Å². The van der Waals surface area contributed by atoms with Gasteiger partial charge in [-0.05, 0) is 79.5 Å². The monoisotopic (exact) mass is 529 g/mol. The molecule has 39 heavy (non-hydrogen) atoms. The number of pyridine rings is 1. The summed E-state index contributed by atoms with van der Waals surface area (Å²) in [6, 6.07) is 10.2. The van der Waals surface area contributed by atoms with Crippen LogP contribution in [0.25, 0.3) is 16.8 Å². The van der Waals surface area contributed by atoms with E-state index in [0.29, 0.717) is 49.0 Å². The van der Waals surface area contributed by atoms with Crippen molar-refractivity contribution in [1.82, 2.24) is 19.6 Å². The Morgan fingerprint density at radius 1 is 1.10 bits per heavy atom. The van der Waals surface area contributed by atoms with Gasteiger partial charge in [-0.2, -0.15) is 14.9 Å². The summed E-state index contributed by atoms with van der Waals surface area (Å²) in [5.74, 6) is -0.820. The number of imidazole rings is 1. The number of benzene rings is 1. The molecule has 0 bridgehead atoms. The van der Waals surface area contributed by atoms with Crippen LogP contribution in [0.15, 0.2) is 48.9 Å². The highest BCUT2D eigenvalue weighted by atomic mass is 19.1. The number of ether oxygens (including phenoxy) is 1. The largest absolute Gasteiger partial charge is 0.381 e. The van der Waals surface area contributed by atoms with Crippen LogP contribution in [0.5, 0.6) is 0 Å². The van der Waals surface area contributed by atoms with Crippen LogP contribution < -0.4 is 11.1 Å². The first-order valence-corrected chi connectivity index (χ1v) is 13.3. The topological polar surface area (TPSA) is 114 Å². The Morgan fingerprint density at radius 2 is 1.90 bits per heavy atom. The van der Waals surface area contributed by atoms with Gasteiger partial charge in [0.1, 0.15) is 11.6 Å². The molecule has 2 fully saturated rings. The fourth-order valence-electron chi connectivity index (χ4n) is 5.88. The molecule has 1 saturated heterocycles. The first-order chi connectivity index (χ1) is 19.0. The van der Waals surface area contributed by atoms with Gasteiger partial charge in [0.15, 0.2) is 0 Å². The van der Waals surface area contributed by atoms with Crippen molar-refractivity contribution in [3.8, 4) is 17.3 Å². The predicted octanol–water partition coefficient (Wildman–Crippen LogP) is 5.37. The Morgan fingerprint density at radius 3 is 2.64 bits per heavy atom. The number of anilines is 2. The van der Waals surface area contributed by atoms with E-state index in [1.807, 2.05) is 6.07 Å². The number of halogens is 2. The molecule has 3 aromatic heterocycles. The van der Waals surface area contributed by atoms with Crippen molar-refractivity contribution in [1.29, 1.82) is 5.26 Å². The fraction of sp³-hybridized carbons (Fsp3) is 0.379. The lowest BCUT2D eigenvalue weighted by Crippen LogP contribution is -2.32. The van der Waals surface area contributed by atoms with Gasteiger partial charge in [-0.15, -0.1) is 0 Å². The summed E-state index contributed by atoms with van der Waals surface area (Å²) in [7, 11) is 0. The van der Waals surface area contributed by atoms with E-state index >= 15 is 8.78 Å². The molecule has 2 atom stereocenters. The molecule has 8 nitrogen and oxygen atoms in total. The zero-order valence-electron chi connectivity index (χ0n) is 21.4. The minimum Gasteiger partial charge on any atom is -0.381 e. The van der Waals surface area contributed by atoms with Crippen LogP contribution in [-0.4, -0.2) is 38.8 Å². The standard InChI is InChI=1S/C29H29F2N7O/c30-23-13-19(29(17-32)7-10-39-11-8-29)14-24(31)27(23)25-5-4-21-15-35-28(38(21)37-25)36-26-16-34-9-6-22(26)18-2-1-3-20(33)12-18/h4-6,9,13-16,18,20H,1-3,7-8,10-12,33H2,(H,35,36)/t18-,20+/m1/s1. The Hall–Kier alpha value is -3.94. The van der Waals surface area contributed by atoms with Crippen molar-refractivity contribution in [2.45, 2.75) is 55.9 Å². The van der Waals surface area contributed by atoms with Crippen LogP contribution >= 0.6 is 0 Å². The minimum absolute atomic E-state index is 0.118. The Labute approximate surface area is 224 Å². The fourth-order valence-corrected chi connectivity index (χ4v) is 5.88. The van der Waals surface area contributed by atoms with Crippen LogP contribution in [0, 0.1) is 23.0 Å². The number of hydrogen-bond donors (Lipinski definition) is 2. The molecule has 4 aromatic rings. The summed E-state index contributed by atoms with van der Waals surface area (Å²) in [6.07, 6.45) is 9.99. The molecule has 0 spiro atoms. The minimum atomic E-state index is -0.971. The quantitative estimate of drug-likeness (QED) is 0.357. The van der Waals surface area contributed by atoms with Gasteiger partial charge in [0.25, 0.3) is 0 Å². The van der Waals surface area contributed by atoms with Crippen LogP contribution in [-0.2, 0) is 10.2 Å². The molecular weight excluding hydrogens is 500 g/mol. The van der Waals surface area contributed by atoms with Crippen molar-refractivity contribution < 1.29 is 13.5 Å². The summed E-state index contributed by atoms with van der Waals surface area (Å²) in [5, 5.41) is 17.7. The molecule has 200 valence electrons.